The maximum Gasteiger partial charge on any atom is 0.226 e. The summed E-state index contributed by atoms with van der Waals surface area (Å²) in [7, 11) is 1.75. The standard InChI is InChI=1S/C15H16N4O2/c1-19-10(5-6-14(19)21)9-13(20)18-12-4-2-3-11-15(12)17-8-7-16-11/h2-4,7-8,10H,5-6,9H2,1H3,(H,18,20). The van der Waals surface area contributed by atoms with Gasteiger partial charge in [0.2, 0.25) is 11.8 Å². The molecule has 0 radical (unpaired) electrons. The molecule has 3 rings (SSSR count). The number of rotatable bonds is 3. The summed E-state index contributed by atoms with van der Waals surface area (Å²) in [4.78, 5) is 33.8. The van der Waals surface area contributed by atoms with Crippen LogP contribution in [-0.4, -0.2) is 39.8 Å². The molecule has 1 atom stereocenters. The second-order valence-corrected chi connectivity index (χ2v) is 5.18. The van der Waals surface area contributed by atoms with E-state index in [0.717, 1.165) is 11.9 Å². The zero-order chi connectivity index (χ0) is 14.8. The summed E-state index contributed by atoms with van der Waals surface area (Å²) < 4.78 is 0. The molecule has 6 nitrogen and oxygen atoms in total. The van der Waals surface area contributed by atoms with Crippen LogP contribution in [0.4, 0.5) is 5.69 Å². The summed E-state index contributed by atoms with van der Waals surface area (Å²) in [6.07, 6.45) is 4.78. The number of anilines is 1. The largest absolute Gasteiger partial charge is 0.342 e. The lowest BCUT2D eigenvalue weighted by molar-refractivity contribution is -0.128. The number of amides is 2. The average molecular weight is 284 g/mol. The molecule has 1 unspecified atom stereocenters. The first kappa shape index (κ1) is 13.5. The van der Waals surface area contributed by atoms with E-state index in [4.69, 9.17) is 0 Å². The molecule has 1 fully saturated rings. The van der Waals surface area contributed by atoms with Gasteiger partial charge in [-0.25, -0.2) is 0 Å². The quantitative estimate of drug-likeness (QED) is 0.928. The second kappa shape index (κ2) is 5.47. The first-order valence-corrected chi connectivity index (χ1v) is 6.90. The minimum atomic E-state index is -0.111. The zero-order valence-electron chi connectivity index (χ0n) is 11.7. The van der Waals surface area contributed by atoms with Gasteiger partial charge in [-0.15, -0.1) is 0 Å². The third-order valence-electron chi connectivity index (χ3n) is 3.83. The van der Waals surface area contributed by atoms with E-state index in [9.17, 15) is 9.59 Å². The highest BCUT2D eigenvalue weighted by molar-refractivity contribution is 5.99. The molecule has 0 bridgehead atoms. The van der Waals surface area contributed by atoms with Crippen LogP contribution in [0.3, 0.4) is 0 Å². The molecule has 1 aliphatic heterocycles. The molecule has 6 heteroatoms. The molecule has 0 aliphatic carbocycles. The number of carbonyl (C=O) groups is 2. The molecule has 1 aromatic carbocycles. The van der Waals surface area contributed by atoms with Gasteiger partial charge in [0.05, 0.1) is 11.2 Å². The minimum Gasteiger partial charge on any atom is -0.342 e. The summed E-state index contributed by atoms with van der Waals surface area (Å²) in [5.41, 5.74) is 2.06. The van der Waals surface area contributed by atoms with Crippen LogP contribution in [0.1, 0.15) is 19.3 Å². The Bertz CT molecular complexity index is 696. The number of nitrogens with zero attached hydrogens (tertiary/aromatic N) is 3. The van der Waals surface area contributed by atoms with Crippen molar-refractivity contribution in [2.75, 3.05) is 12.4 Å². The van der Waals surface area contributed by atoms with Crippen LogP contribution >= 0.6 is 0 Å². The Kier molecular flexibility index (Phi) is 3.51. The number of nitrogens with one attached hydrogen (secondary N) is 1. The van der Waals surface area contributed by atoms with Crippen LogP contribution in [-0.2, 0) is 9.59 Å². The van der Waals surface area contributed by atoms with Crippen LogP contribution in [0.5, 0.6) is 0 Å². The topological polar surface area (TPSA) is 75.2 Å². The summed E-state index contributed by atoms with van der Waals surface area (Å²) in [5.74, 6) is -0.0106. The van der Waals surface area contributed by atoms with E-state index in [1.165, 1.54) is 0 Å². The number of likely N-dealkylation sites (tertiary alicyclic amines) is 1. The molecule has 0 spiro atoms. The van der Waals surface area contributed by atoms with Gasteiger partial charge in [-0.05, 0) is 18.6 Å². The Hall–Kier alpha value is -2.50. The van der Waals surface area contributed by atoms with E-state index in [2.05, 4.69) is 15.3 Å². The molecule has 1 aliphatic rings. The number of aromatic nitrogens is 2. The van der Waals surface area contributed by atoms with Gasteiger partial charge < -0.3 is 10.2 Å². The maximum atomic E-state index is 12.2. The van der Waals surface area contributed by atoms with E-state index in [1.54, 1.807) is 30.4 Å². The molecule has 21 heavy (non-hydrogen) atoms. The third-order valence-corrected chi connectivity index (χ3v) is 3.83. The molecule has 1 saturated heterocycles. The van der Waals surface area contributed by atoms with Gasteiger partial charge in [-0.3, -0.25) is 19.6 Å². The van der Waals surface area contributed by atoms with Crippen molar-refractivity contribution in [3.63, 3.8) is 0 Å². The summed E-state index contributed by atoms with van der Waals surface area (Å²) in [6, 6.07) is 5.47. The van der Waals surface area contributed by atoms with Crippen LogP contribution in [0.25, 0.3) is 11.0 Å². The maximum absolute atomic E-state index is 12.2. The number of hydrogen-bond acceptors (Lipinski definition) is 4. The van der Waals surface area contributed by atoms with Gasteiger partial charge in [0.15, 0.2) is 0 Å². The average Bonchev–Trinajstić information content (AvgIpc) is 2.80. The van der Waals surface area contributed by atoms with Crippen molar-refractivity contribution in [2.24, 2.45) is 0 Å². The third kappa shape index (κ3) is 2.69. The van der Waals surface area contributed by atoms with E-state index in [-0.39, 0.29) is 17.9 Å². The van der Waals surface area contributed by atoms with Crippen molar-refractivity contribution >= 4 is 28.5 Å². The van der Waals surface area contributed by atoms with Gasteiger partial charge in [0.1, 0.15) is 5.52 Å². The Balaban J connectivity index is 1.73. The van der Waals surface area contributed by atoms with Crippen molar-refractivity contribution in [1.29, 1.82) is 0 Å². The number of carbonyl (C=O) groups excluding carboxylic acids is 2. The smallest absolute Gasteiger partial charge is 0.226 e. The monoisotopic (exact) mass is 284 g/mol. The number of fused-ring (bicyclic) bond motifs is 1. The predicted octanol–water partition coefficient (Wildman–Crippen LogP) is 1.58. The molecule has 0 saturated carbocycles. The summed E-state index contributed by atoms with van der Waals surface area (Å²) >= 11 is 0. The first-order valence-electron chi connectivity index (χ1n) is 6.90. The van der Waals surface area contributed by atoms with E-state index < -0.39 is 0 Å². The Morgan fingerprint density at radius 3 is 2.95 bits per heavy atom. The van der Waals surface area contributed by atoms with Crippen LogP contribution in [0, 0.1) is 0 Å². The highest BCUT2D eigenvalue weighted by Crippen LogP contribution is 2.22. The van der Waals surface area contributed by atoms with Crippen molar-refractivity contribution < 1.29 is 9.59 Å². The van der Waals surface area contributed by atoms with Crippen molar-refractivity contribution in [1.82, 2.24) is 14.9 Å². The molecule has 1 N–H and O–H groups in total. The van der Waals surface area contributed by atoms with Gasteiger partial charge in [-0.2, -0.15) is 0 Å². The van der Waals surface area contributed by atoms with Gasteiger partial charge in [-0.1, -0.05) is 6.07 Å². The molecular formula is C15H16N4O2. The molecule has 2 amide bonds. The van der Waals surface area contributed by atoms with Crippen LogP contribution < -0.4 is 5.32 Å². The lowest BCUT2D eigenvalue weighted by Gasteiger charge is -2.19. The van der Waals surface area contributed by atoms with Crippen molar-refractivity contribution in [2.45, 2.75) is 25.3 Å². The Morgan fingerprint density at radius 2 is 2.19 bits per heavy atom. The SMILES string of the molecule is CN1C(=O)CCC1CC(=O)Nc1cccc2nccnc12. The first-order chi connectivity index (χ1) is 10.1. The predicted molar refractivity (Wildman–Crippen MR) is 78.6 cm³/mol. The number of hydrogen-bond donors (Lipinski definition) is 1. The Labute approximate surface area is 122 Å². The lowest BCUT2D eigenvalue weighted by atomic mass is 10.1. The highest BCUT2D eigenvalue weighted by Gasteiger charge is 2.29. The van der Waals surface area contributed by atoms with E-state index in [1.807, 2.05) is 12.1 Å². The van der Waals surface area contributed by atoms with Gasteiger partial charge in [0.25, 0.3) is 0 Å². The van der Waals surface area contributed by atoms with E-state index >= 15 is 0 Å². The minimum absolute atomic E-state index is 0.0152. The van der Waals surface area contributed by atoms with Crippen molar-refractivity contribution in [3.8, 4) is 0 Å². The Morgan fingerprint density at radius 1 is 1.38 bits per heavy atom. The van der Waals surface area contributed by atoms with Crippen LogP contribution in [0.15, 0.2) is 30.6 Å². The fraction of sp³-hybridized carbons (Fsp3) is 0.333. The summed E-state index contributed by atoms with van der Waals surface area (Å²) in [6.45, 7) is 0. The van der Waals surface area contributed by atoms with Gasteiger partial charge in [0, 0.05) is 38.3 Å². The number of benzene rings is 1. The normalized spacial score (nSPS) is 18.2. The molecule has 1 aromatic heterocycles. The number of para-hydroxylation sites is 1. The highest BCUT2D eigenvalue weighted by atomic mass is 16.2. The second-order valence-electron chi connectivity index (χ2n) is 5.18. The summed E-state index contributed by atoms with van der Waals surface area (Å²) in [5, 5.41) is 2.87. The lowest BCUT2D eigenvalue weighted by Crippen LogP contribution is -2.32. The fourth-order valence-corrected chi connectivity index (χ4v) is 2.61. The molecule has 2 aromatic rings. The van der Waals surface area contributed by atoms with Crippen LogP contribution in [0.2, 0.25) is 0 Å². The fourth-order valence-electron chi connectivity index (χ4n) is 2.61. The molecule has 108 valence electrons. The molecule has 2 heterocycles. The van der Waals surface area contributed by atoms with Crippen molar-refractivity contribution in [3.05, 3.63) is 30.6 Å². The van der Waals surface area contributed by atoms with Gasteiger partial charge >= 0.3 is 0 Å². The van der Waals surface area contributed by atoms with E-state index in [0.29, 0.717) is 24.0 Å². The zero-order valence-corrected chi connectivity index (χ0v) is 11.7. The molecular weight excluding hydrogens is 268 g/mol.